The minimum Gasteiger partial charge on any atom is -0.496 e. The highest BCUT2D eigenvalue weighted by molar-refractivity contribution is 6.63. The number of carbonyl (C=O) groups excluding carboxylic acids is 4. The Hall–Kier alpha value is -4.26. The van der Waals surface area contributed by atoms with Gasteiger partial charge in [-0.3, -0.25) is 0 Å². The van der Waals surface area contributed by atoms with Crippen LogP contribution >= 0.6 is 0 Å². The van der Waals surface area contributed by atoms with Crippen LogP contribution in [0, 0.1) is 54.3 Å². The van der Waals surface area contributed by atoms with Crippen LogP contribution in [0.3, 0.4) is 0 Å². The molecule has 1 saturated heterocycles. The SMILES string of the molecule is C/C=C/c1ccc(C(OC)=C2C3CC4CC(C3)CC2C4)cc1B1OC(C)(C)C(C)(C)O1.C/C=C/c1ccc(C(OC)=C2C3CC4CC(C3)CC2C4)cc1C.O=C=O.O=C=O. The van der Waals surface area contributed by atoms with E-state index in [9.17, 15) is 0 Å². The number of hydrogen-bond acceptors (Lipinski definition) is 8. The molecular formula is C51H65BO8. The summed E-state index contributed by atoms with van der Waals surface area (Å²) in [5.41, 5.74) is 9.86. The molecule has 9 heteroatoms. The summed E-state index contributed by atoms with van der Waals surface area (Å²) in [6, 6.07) is 13.5. The second kappa shape index (κ2) is 19.2. The maximum atomic E-state index is 8.12. The van der Waals surface area contributed by atoms with Gasteiger partial charge in [-0.05, 0) is 199 Å². The molecule has 2 aromatic carbocycles. The summed E-state index contributed by atoms with van der Waals surface area (Å²) in [5.74, 6) is 9.18. The zero-order valence-electron chi connectivity index (χ0n) is 37.3. The molecule has 0 amide bonds. The third kappa shape index (κ3) is 9.31. The van der Waals surface area contributed by atoms with Crippen LogP contribution in [0.5, 0.6) is 0 Å². The van der Waals surface area contributed by atoms with Crippen molar-refractivity contribution in [3.8, 4) is 0 Å². The molecule has 0 spiro atoms. The predicted molar refractivity (Wildman–Crippen MR) is 235 cm³/mol. The Bertz CT molecular complexity index is 1970. The molecule has 0 atom stereocenters. The number of ether oxygens (including phenoxy) is 2. The molecule has 0 radical (unpaired) electrons. The Kier molecular flexibility index (Phi) is 14.5. The fourth-order valence-corrected chi connectivity index (χ4v) is 12.3. The number of aryl methyl sites for hydroxylation is 1. The molecule has 8 nitrogen and oxygen atoms in total. The van der Waals surface area contributed by atoms with Gasteiger partial charge in [0.05, 0.1) is 25.4 Å². The van der Waals surface area contributed by atoms with E-state index in [0.29, 0.717) is 11.8 Å². The minimum absolute atomic E-state index is 0.250. The molecule has 8 aliphatic carbocycles. The largest absolute Gasteiger partial charge is 0.496 e. The van der Waals surface area contributed by atoms with E-state index in [2.05, 4.69) is 109 Å². The van der Waals surface area contributed by atoms with Crippen molar-refractivity contribution in [2.24, 2.45) is 47.3 Å². The monoisotopic (exact) mass is 816 g/mol. The molecule has 1 heterocycles. The van der Waals surface area contributed by atoms with Gasteiger partial charge in [0.15, 0.2) is 0 Å². The van der Waals surface area contributed by atoms with Crippen LogP contribution in [0.2, 0.25) is 0 Å². The van der Waals surface area contributed by atoms with Crippen LogP contribution in [0.1, 0.15) is 134 Å². The van der Waals surface area contributed by atoms with E-state index in [-0.39, 0.29) is 30.6 Å². The summed E-state index contributed by atoms with van der Waals surface area (Å²) in [4.78, 5) is 32.5. The summed E-state index contributed by atoms with van der Waals surface area (Å²) in [6.07, 6.45) is 23.0. The first-order valence-electron chi connectivity index (χ1n) is 22.2. The van der Waals surface area contributed by atoms with Gasteiger partial charge < -0.3 is 18.8 Å². The third-order valence-corrected chi connectivity index (χ3v) is 15.0. The maximum absolute atomic E-state index is 8.12. The number of allylic oxidation sites excluding steroid dienone is 4. The van der Waals surface area contributed by atoms with Crippen molar-refractivity contribution in [3.05, 3.63) is 87.5 Å². The highest BCUT2D eigenvalue weighted by Crippen LogP contribution is 2.59. The first kappa shape index (κ1) is 45.3. The second-order valence-corrected chi connectivity index (χ2v) is 19.3. The number of hydrogen-bond donors (Lipinski definition) is 0. The Morgan fingerprint density at radius 1 is 0.600 bits per heavy atom. The van der Waals surface area contributed by atoms with Crippen molar-refractivity contribution in [3.63, 3.8) is 0 Å². The Morgan fingerprint density at radius 3 is 1.30 bits per heavy atom. The van der Waals surface area contributed by atoms with E-state index in [0.717, 1.165) is 52.3 Å². The molecule has 0 unspecified atom stereocenters. The van der Waals surface area contributed by atoms with E-state index in [4.69, 9.17) is 38.0 Å². The summed E-state index contributed by atoms with van der Waals surface area (Å²) >= 11 is 0. The summed E-state index contributed by atoms with van der Waals surface area (Å²) in [7, 11) is 3.34. The van der Waals surface area contributed by atoms with Crippen LogP contribution in [0.25, 0.3) is 23.7 Å². The number of rotatable bonds is 7. The first-order chi connectivity index (χ1) is 28.7. The molecule has 11 rings (SSSR count). The van der Waals surface area contributed by atoms with Crippen molar-refractivity contribution in [2.75, 3.05) is 14.2 Å². The van der Waals surface area contributed by atoms with Crippen LogP contribution in [-0.2, 0) is 38.0 Å². The lowest BCUT2D eigenvalue weighted by atomic mass is 9.54. The molecule has 1 aliphatic heterocycles. The highest BCUT2D eigenvalue weighted by atomic mass is 16.7. The lowest BCUT2D eigenvalue weighted by Gasteiger charge is -2.51. The van der Waals surface area contributed by atoms with Crippen LogP contribution < -0.4 is 5.46 Å². The van der Waals surface area contributed by atoms with E-state index in [1.165, 1.54) is 92.2 Å². The number of methoxy groups -OCH3 is 2. The van der Waals surface area contributed by atoms with Crippen molar-refractivity contribution in [1.29, 1.82) is 0 Å². The quantitative estimate of drug-likeness (QED) is 0.201. The van der Waals surface area contributed by atoms with Crippen LogP contribution in [0.15, 0.2) is 59.7 Å². The molecule has 60 heavy (non-hydrogen) atoms. The zero-order chi connectivity index (χ0) is 43.4. The molecule has 9 fully saturated rings. The molecule has 0 aromatic heterocycles. The first-order valence-corrected chi connectivity index (χ1v) is 22.2. The highest BCUT2D eigenvalue weighted by Gasteiger charge is 2.53. The van der Waals surface area contributed by atoms with Crippen molar-refractivity contribution in [2.45, 2.75) is 124 Å². The topological polar surface area (TPSA) is 105 Å². The lowest BCUT2D eigenvalue weighted by Crippen LogP contribution is -2.41. The fourth-order valence-electron chi connectivity index (χ4n) is 12.3. The van der Waals surface area contributed by atoms with Crippen molar-refractivity contribution < 1.29 is 38.0 Å². The molecule has 8 bridgehead atoms. The average molecular weight is 817 g/mol. The summed E-state index contributed by atoms with van der Waals surface area (Å²) in [6.45, 7) is 14.8. The second-order valence-electron chi connectivity index (χ2n) is 19.3. The molecule has 8 saturated carbocycles. The molecular weight excluding hydrogens is 751 g/mol. The smallest absolute Gasteiger partial charge is 0.495 e. The zero-order valence-corrected chi connectivity index (χ0v) is 37.3. The van der Waals surface area contributed by atoms with Gasteiger partial charge in [-0.1, -0.05) is 54.6 Å². The fraction of sp³-hybridized carbons (Fsp3) is 0.569. The standard InChI is InChI=1S/C27H37BO3.C22H28O.2CO2/c1-7-8-19-9-10-20(16-23(19)28-30-26(2,3)27(4,5)31-28)25(29-6)24-21-12-17-11-18(14-21)15-22(24)13-17;1-4-5-17-6-7-18(8-14(17)2)22(23-3)21-19-10-15-9-16(12-19)13-20(21)11-15;2*2-1-3/h7-10,16-18,21-22H,11-15H2,1-6H3;4-8,15-16,19-20H,9-13H2,1-3H3;;/b8-7+,25-24?;5-4+,22-21?;;. The van der Waals surface area contributed by atoms with Crippen molar-refractivity contribution >= 4 is 48.6 Å². The van der Waals surface area contributed by atoms with E-state index in [1.807, 2.05) is 14.2 Å². The summed E-state index contributed by atoms with van der Waals surface area (Å²) in [5, 5.41) is 0. The minimum atomic E-state index is -0.377. The van der Waals surface area contributed by atoms with Gasteiger partial charge >= 0.3 is 19.4 Å². The van der Waals surface area contributed by atoms with Crippen molar-refractivity contribution in [1.82, 2.24) is 0 Å². The Morgan fingerprint density at radius 2 is 0.950 bits per heavy atom. The van der Waals surface area contributed by atoms with Gasteiger partial charge in [0.1, 0.15) is 11.5 Å². The normalized spacial score (nSPS) is 29.4. The van der Waals surface area contributed by atoms with Crippen LogP contribution in [-0.4, -0.2) is 44.8 Å². The molecule has 320 valence electrons. The molecule has 9 aliphatic rings. The van der Waals surface area contributed by atoms with Gasteiger partial charge in [0.2, 0.25) is 0 Å². The molecule has 0 N–H and O–H groups in total. The number of benzene rings is 2. The Labute approximate surface area is 358 Å². The molecule has 2 aromatic rings. The summed E-state index contributed by atoms with van der Waals surface area (Å²) < 4.78 is 25.0. The predicted octanol–water partition coefficient (Wildman–Crippen LogP) is 10.5. The van der Waals surface area contributed by atoms with Gasteiger partial charge in [-0.25, -0.2) is 0 Å². The Balaban J connectivity index is 0.000000184. The van der Waals surface area contributed by atoms with Gasteiger partial charge in [-0.2, -0.15) is 19.2 Å². The van der Waals surface area contributed by atoms with E-state index >= 15 is 0 Å². The van der Waals surface area contributed by atoms with Gasteiger partial charge in [0, 0.05) is 11.1 Å². The van der Waals surface area contributed by atoms with E-state index in [1.54, 1.807) is 11.1 Å². The van der Waals surface area contributed by atoms with Gasteiger partial charge in [-0.15, -0.1) is 0 Å². The van der Waals surface area contributed by atoms with E-state index < -0.39 is 0 Å². The average Bonchev–Trinajstić information content (AvgIpc) is 3.41. The third-order valence-electron chi connectivity index (χ3n) is 15.0. The van der Waals surface area contributed by atoms with Crippen LogP contribution in [0.4, 0.5) is 0 Å². The lowest BCUT2D eigenvalue weighted by molar-refractivity contribution is -0.193. The maximum Gasteiger partial charge on any atom is 0.495 e. The van der Waals surface area contributed by atoms with Gasteiger partial charge in [0.25, 0.3) is 0 Å².